The molecule has 1 N–H and O–H groups in total. The van der Waals surface area contributed by atoms with E-state index in [9.17, 15) is 9.59 Å². The van der Waals surface area contributed by atoms with Crippen LogP contribution in [0.5, 0.6) is 0 Å². The van der Waals surface area contributed by atoms with E-state index in [1.165, 1.54) is 5.56 Å². The van der Waals surface area contributed by atoms with Gasteiger partial charge < -0.3 is 10.2 Å². The van der Waals surface area contributed by atoms with Crippen molar-refractivity contribution in [2.45, 2.75) is 38.5 Å². The summed E-state index contributed by atoms with van der Waals surface area (Å²) in [6, 6.07) is 20.2. The Morgan fingerprint density at radius 2 is 1.77 bits per heavy atom. The molecule has 4 heteroatoms. The molecule has 0 unspecified atom stereocenters. The number of anilines is 2. The van der Waals surface area contributed by atoms with Crippen LogP contribution < -0.4 is 10.2 Å². The summed E-state index contributed by atoms with van der Waals surface area (Å²) >= 11 is 0. The number of benzene rings is 3. The van der Waals surface area contributed by atoms with Gasteiger partial charge in [-0.25, -0.2) is 0 Å². The van der Waals surface area contributed by atoms with E-state index in [2.05, 4.69) is 23.5 Å². The Bertz CT molecular complexity index is 1110. The quantitative estimate of drug-likeness (QED) is 0.665. The lowest BCUT2D eigenvalue weighted by Crippen LogP contribution is -2.33. The Morgan fingerprint density at radius 3 is 2.63 bits per heavy atom. The molecule has 1 aliphatic carbocycles. The molecule has 0 radical (unpaired) electrons. The number of amides is 2. The van der Waals surface area contributed by atoms with Crippen LogP contribution in [0.4, 0.5) is 11.4 Å². The highest BCUT2D eigenvalue weighted by Gasteiger charge is 2.32. The van der Waals surface area contributed by atoms with E-state index in [-0.39, 0.29) is 17.7 Å². The van der Waals surface area contributed by atoms with Crippen LogP contribution in [0, 0.1) is 5.92 Å². The van der Waals surface area contributed by atoms with Gasteiger partial charge in [0.2, 0.25) is 11.8 Å². The summed E-state index contributed by atoms with van der Waals surface area (Å²) in [5.41, 5.74) is 3.93. The van der Waals surface area contributed by atoms with Crippen LogP contribution in [0.3, 0.4) is 0 Å². The first kappa shape index (κ1) is 18.9. The number of hydrogen-bond donors (Lipinski definition) is 1. The van der Waals surface area contributed by atoms with Crippen LogP contribution in [0.2, 0.25) is 0 Å². The van der Waals surface area contributed by atoms with Crippen molar-refractivity contribution in [2.24, 2.45) is 5.92 Å². The molecule has 5 rings (SSSR count). The van der Waals surface area contributed by atoms with Gasteiger partial charge in [-0.15, -0.1) is 0 Å². The van der Waals surface area contributed by atoms with Crippen LogP contribution in [-0.2, 0) is 22.4 Å². The molecule has 0 bridgehead atoms. The SMILES string of the molecule is O=C(Cc1cccc2ccccc12)Nc1ccc2c(c1)N(C(=O)C1CCCC1)CC2. The molecule has 3 aromatic rings. The Hall–Kier alpha value is -3.14. The second-order valence-electron chi connectivity index (χ2n) is 8.43. The van der Waals surface area contributed by atoms with E-state index >= 15 is 0 Å². The Balaban J connectivity index is 1.33. The molecule has 0 spiro atoms. The third-order valence-electron chi connectivity index (χ3n) is 6.47. The Kier molecular flexibility index (Phi) is 4.99. The standard InChI is InChI=1S/C26H26N2O2/c29-25(16-21-10-5-9-18-6-3-4-11-23(18)21)27-22-13-12-19-14-15-28(24(19)17-22)26(30)20-7-1-2-8-20/h3-6,9-13,17,20H,1-2,7-8,14-16H2,(H,27,29). The van der Waals surface area contributed by atoms with Crippen molar-refractivity contribution in [2.75, 3.05) is 16.8 Å². The maximum Gasteiger partial charge on any atom is 0.230 e. The number of nitrogens with zero attached hydrogens (tertiary/aromatic N) is 1. The van der Waals surface area contributed by atoms with Gasteiger partial charge in [0, 0.05) is 23.8 Å². The molecular weight excluding hydrogens is 372 g/mol. The number of fused-ring (bicyclic) bond motifs is 2. The predicted octanol–water partition coefficient (Wildman–Crippen LogP) is 5.10. The fourth-order valence-electron chi connectivity index (χ4n) is 4.90. The van der Waals surface area contributed by atoms with E-state index in [1.807, 2.05) is 47.4 Å². The molecule has 4 nitrogen and oxygen atoms in total. The Morgan fingerprint density at radius 1 is 0.967 bits per heavy atom. The molecule has 0 aromatic heterocycles. The molecule has 30 heavy (non-hydrogen) atoms. The lowest BCUT2D eigenvalue weighted by Gasteiger charge is -2.21. The second kappa shape index (κ2) is 7.94. The average molecular weight is 399 g/mol. The highest BCUT2D eigenvalue weighted by Crippen LogP contribution is 2.35. The lowest BCUT2D eigenvalue weighted by atomic mass is 10.0. The van der Waals surface area contributed by atoms with Crippen LogP contribution in [0.25, 0.3) is 10.8 Å². The molecule has 0 saturated heterocycles. The number of carbonyl (C=O) groups excluding carboxylic acids is 2. The molecule has 1 aliphatic heterocycles. The number of hydrogen-bond acceptors (Lipinski definition) is 2. The molecule has 152 valence electrons. The molecule has 1 fully saturated rings. The van der Waals surface area contributed by atoms with Crippen LogP contribution in [-0.4, -0.2) is 18.4 Å². The van der Waals surface area contributed by atoms with Crippen LogP contribution in [0.1, 0.15) is 36.8 Å². The van der Waals surface area contributed by atoms with Crippen molar-refractivity contribution < 1.29 is 9.59 Å². The molecule has 2 aliphatic rings. The van der Waals surface area contributed by atoms with Gasteiger partial charge >= 0.3 is 0 Å². The zero-order valence-electron chi connectivity index (χ0n) is 17.1. The number of rotatable bonds is 4. The van der Waals surface area contributed by atoms with E-state index in [0.29, 0.717) is 6.42 Å². The second-order valence-corrected chi connectivity index (χ2v) is 8.43. The minimum absolute atomic E-state index is 0.0435. The molecule has 1 heterocycles. The first-order valence-corrected chi connectivity index (χ1v) is 10.9. The number of nitrogens with one attached hydrogen (secondary N) is 1. The summed E-state index contributed by atoms with van der Waals surface area (Å²) in [4.78, 5) is 27.6. The Labute approximate surface area is 176 Å². The number of carbonyl (C=O) groups is 2. The third-order valence-corrected chi connectivity index (χ3v) is 6.47. The summed E-state index contributed by atoms with van der Waals surface area (Å²) < 4.78 is 0. The maximum absolute atomic E-state index is 12.9. The highest BCUT2D eigenvalue weighted by molar-refractivity contribution is 6.00. The van der Waals surface area contributed by atoms with Crippen molar-refractivity contribution >= 4 is 34.0 Å². The topological polar surface area (TPSA) is 49.4 Å². The summed E-state index contributed by atoms with van der Waals surface area (Å²) in [5.74, 6) is 0.379. The van der Waals surface area contributed by atoms with Gasteiger partial charge in [-0.05, 0) is 53.3 Å². The first-order valence-electron chi connectivity index (χ1n) is 10.9. The van der Waals surface area contributed by atoms with Crippen molar-refractivity contribution in [1.82, 2.24) is 0 Å². The van der Waals surface area contributed by atoms with Crippen LogP contribution >= 0.6 is 0 Å². The summed E-state index contributed by atoms with van der Waals surface area (Å²) in [7, 11) is 0. The molecular formula is C26H26N2O2. The van der Waals surface area contributed by atoms with Gasteiger partial charge in [0.25, 0.3) is 0 Å². The monoisotopic (exact) mass is 398 g/mol. The minimum Gasteiger partial charge on any atom is -0.326 e. The van der Waals surface area contributed by atoms with E-state index in [0.717, 1.165) is 66.4 Å². The maximum atomic E-state index is 12.9. The van der Waals surface area contributed by atoms with Crippen molar-refractivity contribution in [3.05, 3.63) is 71.8 Å². The van der Waals surface area contributed by atoms with Gasteiger partial charge in [-0.3, -0.25) is 9.59 Å². The summed E-state index contributed by atoms with van der Waals surface area (Å²) in [5, 5.41) is 5.29. The third kappa shape index (κ3) is 3.58. The zero-order valence-corrected chi connectivity index (χ0v) is 17.1. The minimum atomic E-state index is -0.0435. The summed E-state index contributed by atoms with van der Waals surface area (Å²) in [6.45, 7) is 0.748. The van der Waals surface area contributed by atoms with Gasteiger partial charge in [-0.2, -0.15) is 0 Å². The van der Waals surface area contributed by atoms with Crippen molar-refractivity contribution in [3.8, 4) is 0 Å². The smallest absolute Gasteiger partial charge is 0.230 e. The average Bonchev–Trinajstić information content (AvgIpc) is 3.44. The molecule has 1 saturated carbocycles. The fraction of sp³-hybridized carbons (Fsp3) is 0.308. The van der Waals surface area contributed by atoms with Crippen molar-refractivity contribution in [3.63, 3.8) is 0 Å². The fourth-order valence-corrected chi connectivity index (χ4v) is 4.90. The van der Waals surface area contributed by atoms with Gasteiger partial charge in [0.1, 0.15) is 0 Å². The lowest BCUT2D eigenvalue weighted by molar-refractivity contribution is -0.122. The normalized spacial score (nSPS) is 16.1. The van der Waals surface area contributed by atoms with E-state index in [4.69, 9.17) is 0 Å². The predicted molar refractivity (Wildman–Crippen MR) is 121 cm³/mol. The first-order chi connectivity index (χ1) is 14.7. The molecule has 3 aromatic carbocycles. The van der Waals surface area contributed by atoms with Crippen molar-refractivity contribution in [1.29, 1.82) is 0 Å². The van der Waals surface area contributed by atoms with E-state index < -0.39 is 0 Å². The highest BCUT2D eigenvalue weighted by atomic mass is 16.2. The van der Waals surface area contributed by atoms with Crippen LogP contribution in [0.15, 0.2) is 60.7 Å². The molecule has 0 atom stereocenters. The van der Waals surface area contributed by atoms with Gasteiger partial charge in [-0.1, -0.05) is 61.4 Å². The molecule has 2 amide bonds. The zero-order chi connectivity index (χ0) is 20.5. The summed E-state index contributed by atoms with van der Waals surface area (Å²) in [6.07, 6.45) is 5.53. The van der Waals surface area contributed by atoms with E-state index in [1.54, 1.807) is 0 Å². The van der Waals surface area contributed by atoms with Gasteiger partial charge in [0.15, 0.2) is 0 Å². The largest absolute Gasteiger partial charge is 0.326 e. The van der Waals surface area contributed by atoms with Gasteiger partial charge in [0.05, 0.1) is 6.42 Å².